The molecule has 0 aliphatic carbocycles. The second-order valence-corrected chi connectivity index (χ2v) is 9.61. The summed E-state index contributed by atoms with van der Waals surface area (Å²) in [5.41, 5.74) is -1.03. The summed E-state index contributed by atoms with van der Waals surface area (Å²) in [7, 11) is 0. The Morgan fingerprint density at radius 3 is 1.55 bits per heavy atom. The van der Waals surface area contributed by atoms with Crippen molar-refractivity contribution in [3.63, 3.8) is 0 Å². The molecular weight excluding hydrogens is 402 g/mol. The maximum Gasteiger partial charge on any atom is 0.407 e. The molecule has 9 nitrogen and oxygen atoms in total. The molecule has 0 saturated carbocycles. The van der Waals surface area contributed by atoms with Crippen LogP contribution < -0.4 is 16.0 Å². The summed E-state index contributed by atoms with van der Waals surface area (Å²) in [6.45, 7) is 12.5. The molecule has 0 radical (unpaired) electrons. The van der Waals surface area contributed by atoms with Crippen LogP contribution in [0.25, 0.3) is 0 Å². The molecule has 0 spiro atoms. The Balaban J connectivity index is 3.76. The van der Waals surface area contributed by atoms with Crippen molar-refractivity contribution >= 4 is 18.2 Å². The predicted molar refractivity (Wildman–Crippen MR) is 120 cm³/mol. The van der Waals surface area contributed by atoms with Gasteiger partial charge in [-0.15, -0.1) is 0 Å². The third-order valence-corrected chi connectivity index (χ3v) is 4.05. The van der Waals surface area contributed by atoms with Crippen molar-refractivity contribution in [1.29, 1.82) is 0 Å². The molecule has 182 valence electrons. The van der Waals surface area contributed by atoms with Crippen molar-refractivity contribution in [2.75, 3.05) is 19.6 Å². The van der Waals surface area contributed by atoms with Gasteiger partial charge < -0.3 is 30.5 Å². The highest BCUT2D eigenvalue weighted by Crippen LogP contribution is 2.08. The number of aliphatic carboxylic acids is 1. The van der Waals surface area contributed by atoms with Crippen LogP contribution in [-0.2, 0) is 14.3 Å². The first-order valence-electron chi connectivity index (χ1n) is 11.2. The smallest absolute Gasteiger partial charge is 0.407 e. The molecular formula is C22H43N3O6. The van der Waals surface area contributed by atoms with Gasteiger partial charge in [-0.2, -0.15) is 0 Å². The summed E-state index contributed by atoms with van der Waals surface area (Å²) < 4.78 is 10.3. The Morgan fingerprint density at radius 2 is 1.13 bits per heavy atom. The van der Waals surface area contributed by atoms with Gasteiger partial charge in [0, 0.05) is 13.1 Å². The molecule has 0 aliphatic rings. The molecule has 0 rings (SSSR count). The van der Waals surface area contributed by atoms with Crippen LogP contribution in [0.3, 0.4) is 0 Å². The lowest BCUT2D eigenvalue weighted by Crippen LogP contribution is -2.37. The highest BCUT2D eigenvalue weighted by molar-refractivity contribution is 5.73. The number of alkyl carbamates (subject to hydrolysis) is 2. The lowest BCUT2D eigenvalue weighted by atomic mass is 10.1. The fraction of sp³-hybridized carbons (Fsp3) is 0.864. The highest BCUT2D eigenvalue weighted by atomic mass is 16.6. The van der Waals surface area contributed by atoms with Crippen LogP contribution in [0.5, 0.6) is 0 Å². The van der Waals surface area contributed by atoms with Gasteiger partial charge in [-0.05, 0) is 80.2 Å². The number of carboxylic acids is 1. The molecule has 0 aromatic rings. The van der Waals surface area contributed by atoms with Crippen molar-refractivity contribution in [3.8, 4) is 0 Å². The molecule has 0 aromatic carbocycles. The maximum absolute atomic E-state index is 11.6. The standard InChI is InChI=1S/C22H43N3O6/c1-21(2,3)30-19(28)24-15-11-8-7-10-14-23-17(18(26)27)13-9-12-16-25-20(29)31-22(4,5)6/h17,23H,7-16H2,1-6H3,(H,24,28)(H,25,29)(H,26,27)/t17-/m0/s1. The summed E-state index contributed by atoms with van der Waals surface area (Å²) in [5.74, 6) is -0.860. The van der Waals surface area contributed by atoms with Crippen molar-refractivity contribution in [1.82, 2.24) is 16.0 Å². The van der Waals surface area contributed by atoms with Crippen LogP contribution in [0.2, 0.25) is 0 Å². The van der Waals surface area contributed by atoms with E-state index in [0.717, 1.165) is 25.7 Å². The first-order valence-corrected chi connectivity index (χ1v) is 11.2. The zero-order chi connectivity index (χ0) is 23.9. The molecule has 0 aliphatic heterocycles. The van der Waals surface area contributed by atoms with Crippen LogP contribution >= 0.6 is 0 Å². The van der Waals surface area contributed by atoms with Crippen LogP contribution in [0.4, 0.5) is 9.59 Å². The number of ether oxygens (including phenoxy) is 2. The zero-order valence-electron chi connectivity index (χ0n) is 20.1. The van der Waals surface area contributed by atoms with Crippen molar-refractivity contribution in [2.45, 2.75) is 104 Å². The number of carboxylic acid groups (broad SMARTS) is 1. The number of rotatable bonds is 14. The average Bonchev–Trinajstić information content (AvgIpc) is 2.58. The van der Waals surface area contributed by atoms with Crippen LogP contribution in [0, 0.1) is 0 Å². The van der Waals surface area contributed by atoms with E-state index in [1.54, 1.807) is 20.8 Å². The van der Waals surface area contributed by atoms with E-state index >= 15 is 0 Å². The molecule has 0 aromatic heterocycles. The van der Waals surface area contributed by atoms with Gasteiger partial charge in [-0.25, -0.2) is 9.59 Å². The van der Waals surface area contributed by atoms with Crippen LogP contribution in [0.1, 0.15) is 86.5 Å². The Hall–Kier alpha value is -2.03. The third kappa shape index (κ3) is 19.7. The lowest BCUT2D eigenvalue weighted by Gasteiger charge is -2.19. The SMILES string of the molecule is CC(C)(C)OC(=O)NCCCCCCN[C@@H](CCCCNC(=O)OC(C)(C)C)C(=O)O. The van der Waals surface area contributed by atoms with Gasteiger partial charge in [0.25, 0.3) is 0 Å². The average molecular weight is 446 g/mol. The number of hydrogen-bond donors (Lipinski definition) is 4. The highest BCUT2D eigenvalue weighted by Gasteiger charge is 2.17. The van der Waals surface area contributed by atoms with Gasteiger partial charge in [0.1, 0.15) is 17.2 Å². The summed E-state index contributed by atoms with van der Waals surface area (Å²) in [6.07, 6.45) is 4.65. The zero-order valence-corrected chi connectivity index (χ0v) is 20.1. The molecule has 9 heteroatoms. The molecule has 0 fully saturated rings. The van der Waals surface area contributed by atoms with E-state index in [1.165, 1.54) is 0 Å². The van der Waals surface area contributed by atoms with Crippen LogP contribution in [-0.4, -0.2) is 60.1 Å². The number of carbonyl (C=O) groups excluding carboxylic acids is 2. The minimum Gasteiger partial charge on any atom is -0.480 e. The van der Waals surface area contributed by atoms with Gasteiger partial charge in [-0.1, -0.05) is 12.8 Å². The topological polar surface area (TPSA) is 126 Å². The summed E-state index contributed by atoms with van der Waals surface area (Å²) >= 11 is 0. The summed E-state index contributed by atoms with van der Waals surface area (Å²) in [6, 6.07) is -0.588. The lowest BCUT2D eigenvalue weighted by molar-refractivity contribution is -0.139. The third-order valence-electron chi connectivity index (χ3n) is 4.05. The molecule has 31 heavy (non-hydrogen) atoms. The van der Waals surface area contributed by atoms with Gasteiger partial charge in [0.15, 0.2) is 0 Å². The number of hydrogen-bond acceptors (Lipinski definition) is 6. The van der Waals surface area contributed by atoms with E-state index in [4.69, 9.17) is 9.47 Å². The van der Waals surface area contributed by atoms with E-state index in [2.05, 4.69) is 16.0 Å². The fourth-order valence-electron chi connectivity index (χ4n) is 2.68. The Morgan fingerprint density at radius 1 is 0.710 bits per heavy atom. The van der Waals surface area contributed by atoms with Crippen LogP contribution in [0.15, 0.2) is 0 Å². The van der Waals surface area contributed by atoms with E-state index in [0.29, 0.717) is 38.9 Å². The van der Waals surface area contributed by atoms with Gasteiger partial charge in [0.05, 0.1) is 0 Å². The largest absolute Gasteiger partial charge is 0.480 e. The normalized spacial score (nSPS) is 12.7. The number of amides is 2. The fourth-order valence-corrected chi connectivity index (χ4v) is 2.68. The van der Waals surface area contributed by atoms with E-state index in [9.17, 15) is 19.5 Å². The maximum atomic E-state index is 11.6. The molecule has 1 atom stereocenters. The monoisotopic (exact) mass is 445 g/mol. The molecule has 0 heterocycles. The molecule has 2 amide bonds. The number of carbonyl (C=O) groups is 3. The van der Waals surface area contributed by atoms with E-state index in [1.807, 2.05) is 20.8 Å². The van der Waals surface area contributed by atoms with Gasteiger partial charge in [0.2, 0.25) is 0 Å². The predicted octanol–water partition coefficient (Wildman–Crippen LogP) is 3.81. The molecule has 4 N–H and O–H groups in total. The van der Waals surface area contributed by atoms with E-state index < -0.39 is 35.4 Å². The van der Waals surface area contributed by atoms with Gasteiger partial charge >= 0.3 is 18.2 Å². The molecule has 0 bridgehead atoms. The molecule has 0 unspecified atom stereocenters. The summed E-state index contributed by atoms with van der Waals surface area (Å²) in [5, 5.41) is 17.8. The second kappa shape index (κ2) is 14.9. The first-order chi connectivity index (χ1) is 14.3. The minimum absolute atomic E-state index is 0.403. The van der Waals surface area contributed by atoms with Crippen molar-refractivity contribution in [2.24, 2.45) is 0 Å². The quantitative estimate of drug-likeness (QED) is 0.300. The Kier molecular flexibility index (Phi) is 13.9. The second-order valence-electron chi connectivity index (χ2n) is 9.61. The summed E-state index contributed by atoms with van der Waals surface area (Å²) in [4.78, 5) is 34.5. The first kappa shape index (κ1) is 29.0. The van der Waals surface area contributed by atoms with Crippen molar-refractivity contribution in [3.05, 3.63) is 0 Å². The Labute approximate surface area is 187 Å². The van der Waals surface area contributed by atoms with Crippen molar-refractivity contribution < 1.29 is 29.0 Å². The number of nitrogens with one attached hydrogen (secondary N) is 3. The minimum atomic E-state index is -0.860. The number of unbranched alkanes of at least 4 members (excludes halogenated alkanes) is 4. The van der Waals surface area contributed by atoms with E-state index in [-0.39, 0.29) is 0 Å². The Bertz CT molecular complexity index is 540. The molecule has 0 saturated heterocycles. The van der Waals surface area contributed by atoms with Gasteiger partial charge in [-0.3, -0.25) is 4.79 Å².